The Balaban J connectivity index is 1.42. The molecule has 2 atom stereocenters. The number of anilines is 1. The maximum absolute atomic E-state index is 13.2. The number of rotatable bonds is 6. The summed E-state index contributed by atoms with van der Waals surface area (Å²) in [4.78, 5) is 26.4. The smallest absolute Gasteiger partial charge is 0.225 e. The molecule has 1 amide bonds. The molecule has 2 aliphatic rings. The lowest BCUT2D eigenvalue weighted by molar-refractivity contribution is -0.126. The number of carbonyl (C=O) groups excluding carboxylic acids is 1. The number of morpholine rings is 1. The number of nitrogens with one attached hydrogen (secondary N) is 1. The number of ether oxygens (including phenoxy) is 1. The Labute approximate surface area is 172 Å². The normalized spacial score (nSPS) is 21.5. The van der Waals surface area contributed by atoms with Gasteiger partial charge in [-0.2, -0.15) is 0 Å². The Bertz CT molecular complexity index is 767. The van der Waals surface area contributed by atoms with Crippen molar-refractivity contribution in [2.45, 2.75) is 18.9 Å². The fourth-order valence-corrected chi connectivity index (χ4v) is 4.08. The van der Waals surface area contributed by atoms with Crippen LogP contribution in [0, 0.1) is 5.92 Å². The number of amides is 1. The first-order valence-electron chi connectivity index (χ1n) is 10.5. The van der Waals surface area contributed by atoms with Crippen LogP contribution in [0.5, 0.6) is 0 Å². The fourth-order valence-electron chi connectivity index (χ4n) is 4.08. The molecule has 7 heteroatoms. The van der Waals surface area contributed by atoms with E-state index in [1.807, 2.05) is 24.3 Å². The molecule has 7 nitrogen and oxygen atoms in total. The summed E-state index contributed by atoms with van der Waals surface area (Å²) in [5, 5.41) is 3.33. The van der Waals surface area contributed by atoms with Crippen LogP contribution in [0.1, 0.15) is 24.4 Å². The van der Waals surface area contributed by atoms with Crippen LogP contribution >= 0.6 is 0 Å². The van der Waals surface area contributed by atoms with Gasteiger partial charge in [-0.3, -0.25) is 9.69 Å². The highest BCUT2D eigenvalue weighted by molar-refractivity contribution is 5.80. The largest absolute Gasteiger partial charge is 0.379 e. The van der Waals surface area contributed by atoms with E-state index in [0.29, 0.717) is 12.5 Å². The van der Waals surface area contributed by atoms with E-state index in [0.717, 1.165) is 57.8 Å². The predicted molar refractivity (Wildman–Crippen MR) is 112 cm³/mol. The molecule has 2 fully saturated rings. The number of nitrogens with zero attached hydrogens (tertiary/aromatic N) is 4. The Kier molecular flexibility index (Phi) is 6.69. The first-order chi connectivity index (χ1) is 14.3. The first-order valence-corrected chi connectivity index (χ1v) is 10.5. The van der Waals surface area contributed by atoms with Crippen LogP contribution in [0.2, 0.25) is 0 Å². The Morgan fingerprint density at radius 3 is 2.62 bits per heavy atom. The maximum Gasteiger partial charge on any atom is 0.225 e. The molecule has 0 radical (unpaired) electrons. The molecular formula is C22H29N5O2. The fraction of sp³-hybridized carbons (Fsp3) is 0.500. The summed E-state index contributed by atoms with van der Waals surface area (Å²) in [7, 11) is 0. The number of carbonyl (C=O) groups is 1. The van der Waals surface area contributed by atoms with E-state index in [2.05, 4.69) is 37.2 Å². The zero-order valence-corrected chi connectivity index (χ0v) is 16.7. The summed E-state index contributed by atoms with van der Waals surface area (Å²) < 4.78 is 5.47. The average molecular weight is 396 g/mol. The lowest BCUT2D eigenvalue weighted by Gasteiger charge is -2.34. The van der Waals surface area contributed by atoms with Crippen LogP contribution < -0.4 is 10.2 Å². The monoisotopic (exact) mass is 395 g/mol. The highest BCUT2D eigenvalue weighted by Crippen LogP contribution is 2.22. The van der Waals surface area contributed by atoms with Gasteiger partial charge in [0.25, 0.3) is 0 Å². The third-order valence-electron chi connectivity index (χ3n) is 5.69. The van der Waals surface area contributed by atoms with Crippen molar-refractivity contribution >= 4 is 11.9 Å². The summed E-state index contributed by atoms with van der Waals surface area (Å²) in [6.07, 6.45) is 5.36. The van der Waals surface area contributed by atoms with E-state index in [1.165, 1.54) is 0 Å². The van der Waals surface area contributed by atoms with Crippen molar-refractivity contribution in [2.24, 2.45) is 5.92 Å². The molecular weight excluding hydrogens is 366 g/mol. The second-order valence-corrected chi connectivity index (χ2v) is 7.72. The highest BCUT2D eigenvalue weighted by Gasteiger charge is 2.29. The standard InChI is InChI=1S/C22H29N5O2/c28-21(19-8-4-11-27(16-19)22-23-9-5-10-24-22)25-20(18-6-2-1-3-7-18)17-26-12-14-29-15-13-26/h1-3,5-7,9-10,19-20H,4,8,11-17H2,(H,25,28). The molecule has 29 heavy (non-hydrogen) atoms. The Morgan fingerprint density at radius 1 is 1.10 bits per heavy atom. The van der Waals surface area contributed by atoms with Crippen molar-refractivity contribution in [3.05, 3.63) is 54.4 Å². The predicted octanol–water partition coefficient (Wildman–Crippen LogP) is 1.88. The van der Waals surface area contributed by atoms with Gasteiger partial charge in [0.15, 0.2) is 0 Å². The van der Waals surface area contributed by atoms with Crippen molar-refractivity contribution in [1.29, 1.82) is 0 Å². The SMILES string of the molecule is O=C(NC(CN1CCOCC1)c1ccccc1)C1CCCN(c2ncccn2)C1. The minimum Gasteiger partial charge on any atom is -0.379 e. The average Bonchev–Trinajstić information content (AvgIpc) is 2.80. The maximum atomic E-state index is 13.2. The van der Waals surface area contributed by atoms with E-state index in [9.17, 15) is 4.79 Å². The van der Waals surface area contributed by atoms with Gasteiger partial charge >= 0.3 is 0 Å². The summed E-state index contributed by atoms with van der Waals surface area (Å²) >= 11 is 0. The van der Waals surface area contributed by atoms with Gasteiger partial charge in [-0.1, -0.05) is 30.3 Å². The van der Waals surface area contributed by atoms with Gasteiger partial charge in [-0.15, -0.1) is 0 Å². The van der Waals surface area contributed by atoms with Gasteiger partial charge in [-0.05, 0) is 24.5 Å². The van der Waals surface area contributed by atoms with E-state index in [1.54, 1.807) is 12.4 Å². The van der Waals surface area contributed by atoms with Gasteiger partial charge < -0.3 is 15.0 Å². The van der Waals surface area contributed by atoms with E-state index >= 15 is 0 Å². The van der Waals surface area contributed by atoms with Gasteiger partial charge in [0.2, 0.25) is 11.9 Å². The summed E-state index contributed by atoms with van der Waals surface area (Å²) in [5.41, 5.74) is 1.14. The van der Waals surface area contributed by atoms with Crippen molar-refractivity contribution in [1.82, 2.24) is 20.2 Å². The van der Waals surface area contributed by atoms with Gasteiger partial charge in [0, 0.05) is 45.1 Å². The molecule has 0 spiro atoms. The van der Waals surface area contributed by atoms with Crippen LogP contribution in [0.4, 0.5) is 5.95 Å². The molecule has 0 aliphatic carbocycles. The van der Waals surface area contributed by atoms with E-state index < -0.39 is 0 Å². The van der Waals surface area contributed by atoms with Crippen LogP contribution in [-0.2, 0) is 9.53 Å². The summed E-state index contributed by atoms with van der Waals surface area (Å²) in [6, 6.07) is 12.0. The van der Waals surface area contributed by atoms with Crippen LogP contribution in [0.15, 0.2) is 48.8 Å². The van der Waals surface area contributed by atoms with Crippen LogP contribution in [0.3, 0.4) is 0 Å². The molecule has 2 saturated heterocycles. The Hall–Kier alpha value is -2.51. The topological polar surface area (TPSA) is 70.6 Å². The second-order valence-electron chi connectivity index (χ2n) is 7.72. The number of benzene rings is 1. The lowest BCUT2D eigenvalue weighted by Crippen LogP contribution is -2.47. The van der Waals surface area contributed by atoms with E-state index in [4.69, 9.17) is 4.74 Å². The van der Waals surface area contributed by atoms with Crippen molar-refractivity contribution in [3.63, 3.8) is 0 Å². The first kappa shape index (κ1) is 19.8. The molecule has 1 N–H and O–H groups in total. The zero-order valence-electron chi connectivity index (χ0n) is 16.7. The summed E-state index contributed by atoms with van der Waals surface area (Å²) in [5.74, 6) is 0.772. The molecule has 3 heterocycles. The quantitative estimate of drug-likeness (QED) is 0.805. The second kappa shape index (κ2) is 9.80. The third-order valence-corrected chi connectivity index (χ3v) is 5.69. The molecule has 0 saturated carbocycles. The zero-order chi connectivity index (χ0) is 19.9. The molecule has 0 bridgehead atoms. The number of hydrogen-bond acceptors (Lipinski definition) is 6. The molecule has 2 aromatic rings. The van der Waals surface area contributed by atoms with Crippen LogP contribution in [0.25, 0.3) is 0 Å². The van der Waals surface area contributed by atoms with Crippen molar-refractivity contribution < 1.29 is 9.53 Å². The minimum absolute atomic E-state index is 0.0230. The number of piperidine rings is 1. The van der Waals surface area contributed by atoms with Crippen molar-refractivity contribution in [3.8, 4) is 0 Å². The number of aromatic nitrogens is 2. The van der Waals surface area contributed by atoms with Crippen molar-refractivity contribution in [2.75, 3.05) is 50.8 Å². The molecule has 1 aromatic heterocycles. The molecule has 2 unspecified atom stereocenters. The van der Waals surface area contributed by atoms with Gasteiger partial charge in [-0.25, -0.2) is 9.97 Å². The van der Waals surface area contributed by atoms with Crippen LogP contribution in [-0.4, -0.2) is 66.7 Å². The summed E-state index contributed by atoms with van der Waals surface area (Å²) in [6.45, 7) is 5.67. The minimum atomic E-state index is -0.0524. The van der Waals surface area contributed by atoms with Gasteiger partial charge in [0.05, 0.1) is 25.2 Å². The lowest BCUT2D eigenvalue weighted by atomic mass is 9.96. The third kappa shape index (κ3) is 5.31. The van der Waals surface area contributed by atoms with Gasteiger partial charge in [0.1, 0.15) is 0 Å². The van der Waals surface area contributed by atoms with E-state index in [-0.39, 0.29) is 17.9 Å². The Morgan fingerprint density at radius 2 is 1.86 bits per heavy atom. The molecule has 2 aliphatic heterocycles. The highest BCUT2D eigenvalue weighted by atomic mass is 16.5. The molecule has 1 aromatic carbocycles. The number of hydrogen-bond donors (Lipinski definition) is 1. The molecule has 4 rings (SSSR count). The molecule has 154 valence electrons.